The monoisotopic (exact) mass is 284 g/mol. The standard InChI is InChI=1S/C15H18Cl2O/c16-12-7-8-14(17)13(10-12)15(18)9-6-11-4-2-1-3-5-11/h7-8,10-11H,1-6,9H2. The normalized spacial score (nSPS) is 16.8. The molecule has 1 nitrogen and oxygen atoms in total. The van der Waals surface area contributed by atoms with Crippen molar-refractivity contribution < 1.29 is 4.79 Å². The Balaban J connectivity index is 1.92. The van der Waals surface area contributed by atoms with Crippen LogP contribution in [-0.2, 0) is 0 Å². The molecular weight excluding hydrogens is 267 g/mol. The summed E-state index contributed by atoms with van der Waals surface area (Å²) in [7, 11) is 0. The minimum atomic E-state index is 0.119. The molecule has 1 aliphatic rings. The van der Waals surface area contributed by atoms with E-state index in [0.29, 0.717) is 22.0 Å². The van der Waals surface area contributed by atoms with Crippen molar-refractivity contribution >= 4 is 29.0 Å². The van der Waals surface area contributed by atoms with Crippen molar-refractivity contribution in [2.45, 2.75) is 44.9 Å². The third-order valence-corrected chi connectivity index (χ3v) is 4.30. The number of halogens is 2. The molecule has 0 aromatic heterocycles. The summed E-state index contributed by atoms with van der Waals surface area (Å²) in [5.74, 6) is 0.841. The quantitative estimate of drug-likeness (QED) is 0.664. The molecule has 0 N–H and O–H groups in total. The number of rotatable bonds is 4. The molecule has 0 aliphatic heterocycles. The molecule has 0 saturated heterocycles. The Labute approximate surface area is 118 Å². The maximum Gasteiger partial charge on any atom is 0.164 e. The Kier molecular flexibility index (Phi) is 5.08. The molecular formula is C15H18Cl2O. The number of Topliss-reactive ketones (excluding diaryl/α,β-unsaturated/α-hetero) is 1. The lowest BCUT2D eigenvalue weighted by atomic mass is 9.85. The summed E-state index contributed by atoms with van der Waals surface area (Å²) < 4.78 is 0. The zero-order valence-corrected chi connectivity index (χ0v) is 11.9. The number of hydrogen-bond donors (Lipinski definition) is 0. The zero-order valence-electron chi connectivity index (χ0n) is 10.4. The minimum absolute atomic E-state index is 0.119. The van der Waals surface area contributed by atoms with E-state index in [4.69, 9.17) is 23.2 Å². The molecule has 0 bridgehead atoms. The number of carbonyl (C=O) groups is 1. The number of ketones is 1. The molecule has 2 rings (SSSR count). The fourth-order valence-corrected chi connectivity index (χ4v) is 3.05. The summed E-state index contributed by atoms with van der Waals surface area (Å²) in [6.45, 7) is 0. The van der Waals surface area contributed by atoms with Gasteiger partial charge in [0.1, 0.15) is 0 Å². The Morgan fingerprint density at radius 2 is 1.89 bits per heavy atom. The molecule has 1 aliphatic carbocycles. The maximum absolute atomic E-state index is 12.1. The molecule has 1 aromatic rings. The van der Waals surface area contributed by atoms with Crippen LogP contribution in [0, 0.1) is 5.92 Å². The van der Waals surface area contributed by atoms with Crippen molar-refractivity contribution in [3.8, 4) is 0 Å². The Bertz CT molecular complexity index is 423. The Morgan fingerprint density at radius 3 is 2.61 bits per heavy atom. The second kappa shape index (κ2) is 6.58. The molecule has 0 spiro atoms. The van der Waals surface area contributed by atoms with Gasteiger partial charge in [-0.1, -0.05) is 55.3 Å². The van der Waals surface area contributed by atoms with Crippen LogP contribution < -0.4 is 0 Å². The third-order valence-electron chi connectivity index (χ3n) is 3.73. The Morgan fingerprint density at radius 1 is 1.17 bits per heavy atom. The highest BCUT2D eigenvalue weighted by Crippen LogP contribution is 2.29. The van der Waals surface area contributed by atoms with Crippen LogP contribution >= 0.6 is 23.2 Å². The van der Waals surface area contributed by atoms with Gasteiger partial charge < -0.3 is 0 Å². The van der Waals surface area contributed by atoms with E-state index in [-0.39, 0.29) is 5.78 Å². The van der Waals surface area contributed by atoms with E-state index in [1.165, 1.54) is 32.1 Å². The lowest BCUT2D eigenvalue weighted by Gasteiger charge is -2.21. The van der Waals surface area contributed by atoms with Crippen molar-refractivity contribution in [1.82, 2.24) is 0 Å². The first-order valence-corrected chi connectivity index (χ1v) is 7.40. The van der Waals surface area contributed by atoms with E-state index in [1.807, 2.05) is 0 Å². The van der Waals surface area contributed by atoms with Gasteiger partial charge >= 0.3 is 0 Å². The van der Waals surface area contributed by atoms with E-state index in [9.17, 15) is 4.79 Å². The molecule has 98 valence electrons. The van der Waals surface area contributed by atoms with Gasteiger partial charge in [0.05, 0.1) is 5.02 Å². The van der Waals surface area contributed by atoms with Gasteiger partial charge in [-0.2, -0.15) is 0 Å². The van der Waals surface area contributed by atoms with Gasteiger partial charge in [0.15, 0.2) is 5.78 Å². The fraction of sp³-hybridized carbons (Fsp3) is 0.533. The van der Waals surface area contributed by atoms with Gasteiger partial charge in [-0.15, -0.1) is 0 Å². The SMILES string of the molecule is O=C(CCC1CCCCC1)c1cc(Cl)ccc1Cl. The lowest BCUT2D eigenvalue weighted by molar-refractivity contribution is 0.0970. The van der Waals surface area contributed by atoms with Gasteiger partial charge in [-0.25, -0.2) is 0 Å². The van der Waals surface area contributed by atoms with Crippen molar-refractivity contribution in [3.05, 3.63) is 33.8 Å². The van der Waals surface area contributed by atoms with E-state index >= 15 is 0 Å². The molecule has 0 atom stereocenters. The number of carbonyl (C=O) groups excluding carboxylic acids is 1. The van der Waals surface area contributed by atoms with Crippen LogP contribution in [-0.4, -0.2) is 5.78 Å². The first-order valence-electron chi connectivity index (χ1n) is 6.65. The average molecular weight is 285 g/mol. The smallest absolute Gasteiger partial charge is 0.164 e. The van der Waals surface area contributed by atoms with Crippen molar-refractivity contribution in [2.24, 2.45) is 5.92 Å². The lowest BCUT2D eigenvalue weighted by Crippen LogP contribution is -2.09. The highest BCUT2D eigenvalue weighted by atomic mass is 35.5. The predicted molar refractivity (Wildman–Crippen MR) is 76.6 cm³/mol. The fourth-order valence-electron chi connectivity index (χ4n) is 2.66. The molecule has 3 heteroatoms. The van der Waals surface area contributed by atoms with Crippen LogP contribution in [0.5, 0.6) is 0 Å². The second-order valence-corrected chi connectivity index (χ2v) is 5.93. The summed E-state index contributed by atoms with van der Waals surface area (Å²) in [6.07, 6.45) is 8.11. The van der Waals surface area contributed by atoms with Gasteiger partial charge in [0.25, 0.3) is 0 Å². The predicted octanol–water partition coefficient (Wildman–Crippen LogP) is 5.54. The first kappa shape index (κ1) is 13.9. The zero-order chi connectivity index (χ0) is 13.0. The molecule has 1 saturated carbocycles. The van der Waals surface area contributed by atoms with Crippen LogP contribution in [0.2, 0.25) is 10.0 Å². The largest absolute Gasteiger partial charge is 0.294 e. The van der Waals surface area contributed by atoms with Gasteiger partial charge in [-0.05, 0) is 30.5 Å². The van der Waals surface area contributed by atoms with Crippen LogP contribution in [0.25, 0.3) is 0 Å². The van der Waals surface area contributed by atoms with Gasteiger partial charge in [0.2, 0.25) is 0 Å². The summed E-state index contributed by atoms with van der Waals surface area (Å²) in [6, 6.07) is 5.08. The highest BCUT2D eigenvalue weighted by molar-refractivity contribution is 6.35. The molecule has 1 aromatic carbocycles. The van der Waals surface area contributed by atoms with Crippen molar-refractivity contribution in [1.29, 1.82) is 0 Å². The highest BCUT2D eigenvalue weighted by Gasteiger charge is 2.17. The molecule has 1 fully saturated rings. The van der Waals surface area contributed by atoms with Gasteiger partial charge in [-0.3, -0.25) is 4.79 Å². The summed E-state index contributed by atoms with van der Waals surface area (Å²) in [5, 5.41) is 1.08. The number of benzene rings is 1. The van der Waals surface area contributed by atoms with Crippen molar-refractivity contribution in [2.75, 3.05) is 0 Å². The molecule has 0 radical (unpaired) electrons. The van der Waals surface area contributed by atoms with E-state index in [1.54, 1.807) is 18.2 Å². The van der Waals surface area contributed by atoms with E-state index in [0.717, 1.165) is 12.3 Å². The van der Waals surface area contributed by atoms with Gasteiger partial charge in [0, 0.05) is 17.0 Å². The van der Waals surface area contributed by atoms with Crippen LogP contribution in [0.1, 0.15) is 55.3 Å². The van der Waals surface area contributed by atoms with Crippen LogP contribution in [0.3, 0.4) is 0 Å². The Hall–Kier alpha value is -0.530. The number of hydrogen-bond acceptors (Lipinski definition) is 1. The van der Waals surface area contributed by atoms with E-state index < -0.39 is 0 Å². The summed E-state index contributed by atoms with van der Waals surface area (Å²) in [5.41, 5.74) is 0.569. The molecule has 0 heterocycles. The first-order chi connectivity index (χ1) is 8.66. The van der Waals surface area contributed by atoms with Crippen LogP contribution in [0.4, 0.5) is 0 Å². The second-order valence-electron chi connectivity index (χ2n) is 5.09. The maximum atomic E-state index is 12.1. The summed E-state index contributed by atoms with van der Waals surface area (Å²) >= 11 is 11.9. The topological polar surface area (TPSA) is 17.1 Å². The van der Waals surface area contributed by atoms with Crippen molar-refractivity contribution in [3.63, 3.8) is 0 Å². The summed E-state index contributed by atoms with van der Waals surface area (Å²) in [4.78, 5) is 12.1. The van der Waals surface area contributed by atoms with Crippen LogP contribution in [0.15, 0.2) is 18.2 Å². The third kappa shape index (κ3) is 3.73. The van der Waals surface area contributed by atoms with E-state index in [2.05, 4.69) is 0 Å². The molecule has 0 unspecified atom stereocenters. The molecule has 18 heavy (non-hydrogen) atoms. The molecule has 0 amide bonds. The average Bonchev–Trinajstić information content (AvgIpc) is 2.40. The minimum Gasteiger partial charge on any atom is -0.294 e.